The number of aliphatic carboxylic acids is 1. The second-order valence-electron chi connectivity index (χ2n) is 3.20. The van der Waals surface area contributed by atoms with Crippen molar-refractivity contribution in [3.63, 3.8) is 0 Å². The summed E-state index contributed by atoms with van der Waals surface area (Å²) in [7, 11) is 0. The first kappa shape index (κ1) is 15.0. The van der Waals surface area contributed by atoms with Crippen molar-refractivity contribution in [2.45, 2.75) is 19.3 Å². The van der Waals surface area contributed by atoms with E-state index >= 15 is 0 Å². The molecule has 0 aliphatic heterocycles. The van der Waals surface area contributed by atoms with Crippen molar-refractivity contribution in [3.05, 3.63) is 21.0 Å². The van der Waals surface area contributed by atoms with Gasteiger partial charge in [-0.2, -0.15) is 0 Å². The lowest BCUT2D eigenvalue weighted by atomic mass is 10.2. The van der Waals surface area contributed by atoms with Gasteiger partial charge in [-0.1, -0.05) is 0 Å². The minimum absolute atomic E-state index is 0.0210. The largest absolute Gasteiger partial charge is 0.573 e. The predicted octanol–water partition coefficient (Wildman–Crippen LogP) is 1.67. The highest BCUT2D eigenvalue weighted by atomic mass is 127. The van der Waals surface area contributed by atoms with E-state index in [0.717, 1.165) is 0 Å². The number of ether oxygens (including phenoxy) is 1. The second-order valence-corrected chi connectivity index (χ2v) is 4.27. The number of carbonyl (C=O) groups is 1. The van der Waals surface area contributed by atoms with Crippen LogP contribution in [0.4, 0.5) is 13.2 Å². The first-order valence-electron chi connectivity index (χ1n) is 4.58. The van der Waals surface area contributed by atoms with E-state index in [0.29, 0.717) is 5.56 Å². The van der Waals surface area contributed by atoms with Gasteiger partial charge in [0.15, 0.2) is 5.75 Å². The number of hydrogen-bond donors (Lipinski definition) is 2. The Labute approximate surface area is 113 Å². The molecular formula is C9H8F3IN2O3. The van der Waals surface area contributed by atoms with Gasteiger partial charge in [-0.3, -0.25) is 9.78 Å². The second kappa shape index (κ2) is 5.69. The van der Waals surface area contributed by atoms with E-state index in [1.54, 1.807) is 22.6 Å². The fourth-order valence-corrected chi connectivity index (χ4v) is 1.96. The Morgan fingerprint density at radius 3 is 2.61 bits per heavy atom. The summed E-state index contributed by atoms with van der Waals surface area (Å²) >= 11 is 1.62. The van der Waals surface area contributed by atoms with Crippen molar-refractivity contribution in [1.29, 1.82) is 0 Å². The predicted molar refractivity (Wildman–Crippen MR) is 62.9 cm³/mol. The number of aromatic nitrogens is 1. The molecule has 0 unspecified atom stereocenters. The fourth-order valence-electron chi connectivity index (χ4n) is 1.17. The molecule has 9 heteroatoms. The number of carboxylic acid groups (broad SMARTS) is 1. The number of hydrogen-bond acceptors (Lipinski definition) is 4. The molecule has 0 amide bonds. The van der Waals surface area contributed by atoms with Crippen LogP contribution in [0.25, 0.3) is 0 Å². The molecule has 5 nitrogen and oxygen atoms in total. The Balaban J connectivity index is 3.26. The lowest BCUT2D eigenvalue weighted by Gasteiger charge is -2.15. The summed E-state index contributed by atoms with van der Waals surface area (Å²) in [5, 5.41) is 8.60. The van der Waals surface area contributed by atoms with Crippen LogP contribution in [-0.2, 0) is 17.8 Å². The van der Waals surface area contributed by atoms with E-state index in [-0.39, 0.29) is 15.8 Å². The van der Waals surface area contributed by atoms with Crippen molar-refractivity contribution >= 4 is 28.6 Å². The highest BCUT2D eigenvalue weighted by Crippen LogP contribution is 2.32. The Bertz CT molecular complexity index is 465. The van der Waals surface area contributed by atoms with Gasteiger partial charge in [0.1, 0.15) is 0 Å². The normalized spacial score (nSPS) is 11.4. The summed E-state index contributed by atoms with van der Waals surface area (Å²) in [6.07, 6.45) is -4.34. The molecule has 0 radical (unpaired) electrons. The minimum Gasteiger partial charge on any atom is -0.481 e. The number of nitrogens with two attached hydrogens (primary N) is 1. The molecule has 3 N–H and O–H groups in total. The summed E-state index contributed by atoms with van der Waals surface area (Å²) in [5.74, 6) is -1.90. The summed E-state index contributed by atoms with van der Waals surface area (Å²) in [4.78, 5) is 14.2. The van der Waals surface area contributed by atoms with Crippen molar-refractivity contribution in [2.75, 3.05) is 0 Å². The summed E-state index contributed by atoms with van der Waals surface area (Å²) in [6, 6.07) is 0. The Morgan fingerprint density at radius 1 is 1.56 bits per heavy atom. The molecule has 1 aromatic rings. The average molecular weight is 376 g/mol. The third-order valence-corrected chi connectivity index (χ3v) is 3.06. The highest BCUT2D eigenvalue weighted by molar-refractivity contribution is 14.1. The van der Waals surface area contributed by atoms with Gasteiger partial charge in [0, 0.05) is 18.3 Å². The van der Waals surface area contributed by atoms with E-state index in [9.17, 15) is 18.0 Å². The molecule has 0 saturated carbocycles. The Hall–Kier alpha value is -1.10. The van der Waals surface area contributed by atoms with Gasteiger partial charge in [-0.05, 0) is 22.6 Å². The number of alkyl halides is 3. The Morgan fingerprint density at radius 2 is 2.17 bits per heavy atom. The van der Waals surface area contributed by atoms with Crippen molar-refractivity contribution in [3.8, 4) is 5.75 Å². The van der Waals surface area contributed by atoms with E-state index in [2.05, 4.69) is 9.72 Å². The van der Waals surface area contributed by atoms with Crippen LogP contribution in [0.15, 0.2) is 6.20 Å². The number of rotatable bonds is 4. The van der Waals surface area contributed by atoms with Crippen molar-refractivity contribution in [1.82, 2.24) is 4.98 Å². The highest BCUT2D eigenvalue weighted by Gasteiger charge is 2.34. The molecule has 1 aromatic heterocycles. The van der Waals surface area contributed by atoms with Crippen LogP contribution in [0.3, 0.4) is 0 Å². The average Bonchev–Trinajstić information content (AvgIpc) is 2.21. The zero-order valence-electron chi connectivity index (χ0n) is 8.79. The number of nitrogens with zero attached hydrogens (tertiary/aromatic N) is 1. The molecule has 1 heterocycles. The molecule has 0 saturated heterocycles. The summed E-state index contributed by atoms with van der Waals surface area (Å²) < 4.78 is 40.7. The van der Waals surface area contributed by atoms with E-state index in [1.165, 1.54) is 6.20 Å². The van der Waals surface area contributed by atoms with Gasteiger partial charge in [-0.25, -0.2) is 0 Å². The summed E-state index contributed by atoms with van der Waals surface area (Å²) in [5.41, 5.74) is 5.40. The molecule has 1 rings (SSSR count). The molecule has 18 heavy (non-hydrogen) atoms. The smallest absolute Gasteiger partial charge is 0.481 e. The van der Waals surface area contributed by atoms with Crippen LogP contribution >= 0.6 is 22.6 Å². The van der Waals surface area contributed by atoms with E-state index in [1.807, 2.05) is 0 Å². The third-order valence-electron chi connectivity index (χ3n) is 1.88. The fraction of sp³-hybridized carbons (Fsp3) is 0.333. The monoisotopic (exact) mass is 376 g/mol. The van der Waals surface area contributed by atoms with Gasteiger partial charge >= 0.3 is 12.3 Å². The zero-order chi connectivity index (χ0) is 13.9. The maximum atomic E-state index is 12.2. The molecule has 0 atom stereocenters. The number of pyridine rings is 1. The molecular weight excluding hydrogens is 368 g/mol. The van der Waals surface area contributed by atoms with Crippen LogP contribution in [0.2, 0.25) is 0 Å². The van der Waals surface area contributed by atoms with E-state index in [4.69, 9.17) is 10.8 Å². The summed E-state index contributed by atoms with van der Waals surface area (Å²) in [6.45, 7) is -0.0210. The van der Waals surface area contributed by atoms with Gasteiger partial charge in [0.2, 0.25) is 0 Å². The standard InChI is InChI=1S/C9H8F3IN2O3/c10-9(11,12)18-8-5(1-6(16)17)15-3-4(2-14)7(8)13/h3H,1-2,14H2,(H,16,17). The van der Waals surface area contributed by atoms with Crippen molar-refractivity contribution in [2.24, 2.45) is 5.73 Å². The van der Waals surface area contributed by atoms with Crippen LogP contribution in [0.1, 0.15) is 11.3 Å². The maximum absolute atomic E-state index is 12.2. The Kier molecular flexibility index (Phi) is 4.73. The van der Waals surface area contributed by atoms with Crippen LogP contribution in [0.5, 0.6) is 5.75 Å². The third kappa shape index (κ3) is 3.98. The first-order valence-corrected chi connectivity index (χ1v) is 5.66. The van der Waals surface area contributed by atoms with E-state index < -0.39 is 24.5 Å². The zero-order valence-corrected chi connectivity index (χ0v) is 10.9. The molecule has 0 aliphatic rings. The number of halogens is 4. The van der Waals surface area contributed by atoms with Gasteiger partial charge in [0.05, 0.1) is 15.7 Å². The lowest BCUT2D eigenvalue weighted by molar-refractivity contribution is -0.275. The number of carboxylic acids is 1. The van der Waals surface area contributed by atoms with Crippen molar-refractivity contribution < 1.29 is 27.8 Å². The molecule has 0 spiro atoms. The first-order chi connectivity index (χ1) is 8.24. The van der Waals surface area contributed by atoms with Crippen LogP contribution < -0.4 is 10.5 Å². The molecule has 0 fully saturated rings. The quantitative estimate of drug-likeness (QED) is 0.782. The van der Waals surface area contributed by atoms with Gasteiger partial charge < -0.3 is 15.6 Å². The topological polar surface area (TPSA) is 85.4 Å². The minimum atomic E-state index is -4.91. The molecule has 0 aromatic carbocycles. The maximum Gasteiger partial charge on any atom is 0.573 e. The van der Waals surface area contributed by atoms with Crippen LogP contribution in [-0.4, -0.2) is 22.4 Å². The van der Waals surface area contributed by atoms with Crippen LogP contribution in [0, 0.1) is 3.57 Å². The van der Waals surface area contributed by atoms with Gasteiger partial charge in [-0.15, -0.1) is 13.2 Å². The van der Waals surface area contributed by atoms with Gasteiger partial charge in [0.25, 0.3) is 0 Å². The molecule has 0 bridgehead atoms. The SMILES string of the molecule is NCc1cnc(CC(=O)O)c(OC(F)(F)F)c1I. The molecule has 100 valence electrons. The lowest BCUT2D eigenvalue weighted by Crippen LogP contribution is -2.21. The molecule has 0 aliphatic carbocycles.